The van der Waals surface area contributed by atoms with Gasteiger partial charge in [0.1, 0.15) is 0 Å². The summed E-state index contributed by atoms with van der Waals surface area (Å²) in [6.07, 6.45) is 3.46. The molecule has 1 N–H and O–H groups in total. The molecule has 1 aromatic heterocycles. The van der Waals surface area contributed by atoms with Gasteiger partial charge in [-0.3, -0.25) is 9.48 Å². The highest BCUT2D eigenvalue weighted by Gasteiger charge is 2.18. The molecule has 0 bridgehead atoms. The second-order valence-electron chi connectivity index (χ2n) is 4.53. The smallest absolute Gasteiger partial charge is 0.236 e. The van der Waals surface area contributed by atoms with Crippen LogP contribution in [0.5, 0.6) is 0 Å². The fraction of sp³-hybridized carbons (Fsp3) is 0.727. The first-order valence-corrected chi connectivity index (χ1v) is 6.27. The zero-order chi connectivity index (χ0) is 12.8. The molecule has 1 aliphatic rings. The molecular formula is C11H20N6O. The Hall–Kier alpha value is -1.47. The van der Waals surface area contributed by atoms with Gasteiger partial charge in [-0.2, -0.15) is 0 Å². The van der Waals surface area contributed by atoms with Gasteiger partial charge in [-0.15, -0.1) is 5.10 Å². The van der Waals surface area contributed by atoms with Crippen molar-refractivity contribution in [2.24, 2.45) is 0 Å². The van der Waals surface area contributed by atoms with E-state index in [4.69, 9.17) is 0 Å². The Labute approximate surface area is 107 Å². The summed E-state index contributed by atoms with van der Waals surface area (Å²) in [5.74, 6) is 0.182. The van der Waals surface area contributed by atoms with E-state index >= 15 is 0 Å². The van der Waals surface area contributed by atoms with Crippen molar-refractivity contribution in [1.29, 1.82) is 0 Å². The normalized spacial score (nSPS) is 17.1. The maximum atomic E-state index is 11.9. The van der Waals surface area contributed by atoms with Gasteiger partial charge in [-0.25, -0.2) is 0 Å². The van der Waals surface area contributed by atoms with Crippen LogP contribution < -0.4 is 5.32 Å². The molecule has 100 valence electrons. The monoisotopic (exact) mass is 252 g/mol. The SMILES string of the molecule is CN1CCN(C(=O)CNCCn2ccnn2)CC1. The Morgan fingerprint density at radius 3 is 2.78 bits per heavy atom. The lowest BCUT2D eigenvalue weighted by Gasteiger charge is -2.32. The highest BCUT2D eigenvalue weighted by atomic mass is 16.2. The maximum absolute atomic E-state index is 11.9. The van der Waals surface area contributed by atoms with Gasteiger partial charge in [0.05, 0.1) is 19.3 Å². The first kappa shape index (κ1) is 13.0. The van der Waals surface area contributed by atoms with Crippen LogP contribution in [0.3, 0.4) is 0 Å². The predicted molar refractivity (Wildman–Crippen MR) is 67.0 cm³/mol. The molecule has 1 fully saturated rings. The first-order valence-electron chi connectivity index (χ1n) is 6.27. The van der Waals surface area contributed by atoms with Gasteiger partial charge < -0.3 is 15.1 Å². The van der Waals surface area contributed by atoms with Crippen molar-refractivity contribution < 1.29 is 4.79 Å². The van der Waals surface area contributed by atoms with Crippen molar-refractivity contribution in [3.8, 4) is 0 Å². The molecule has 18 heavy (non-hydrogen) atoms. The molecule has 0 aliphatic carbocycles. The van der Waals surface area contributed by atoms with Crippen LogP contribution in [0.2, 0.25) is 0 Å². The third kappa shape index (κ3) is 3.78. The zero-order valence-electron chi connectivity index (χ0n) is 10.7. The van der Waals surface area contributed by atoms with Crippen LogP contribution in [0.15, 0.2) is 12.4 Å². The van der Waals surface area contributed by atoms with E-state index in [-0.39, 0.29) is 5.91 Å². The van der Waals surface area contributed by atoms with Crippen molar-refractivity contribution >= 4 is 5.91 Å². The van der Waals surface area contributed by atoms with Gasteiger partial charge >= 0.3 is 0 Å². The topological polar surface area (TPSA) is 66.3 Å². The minimum absolute atomic E-state index is 0.182. The van der Waals surface area contributed by atoms with Gasteiger partial charge in [-0.05, 0) is 7.05 Å². The molecule has 1 amide bonds. The Morgan fingerprint density at radius 2 is 2.11 bits per heavy atom. The Balaban J connectivity index is 1.60. The lowest BCUT2D eigenvalue weighted by Crippen LogP contribution is -2.49. The third-order valence-electron chi connectivity index (χ3n) is 3.12. The minimum atomic E-state index is 0.182. The van der Waals surface area contributed by atoms with E-state index in [1.165, 1.54) is 0 Å². The molecule has 2 heterocycles. The number of rotatable bonds is 5. The lowest BCUT2D eigenvalue weighted by atomic mass is 10.3. The van der Waals surface area contributed by atoms with Crippen LogP contribution in [-0.4, -0.2) is 77.0 Å². The number of aromatic nitrogens is 3. The summed E-state index contributed by atoms with van der Waals surface area (Å²) < 4.78 is 1.74. The van der Waals surface area contributed by atoms with E-state index in [0.29, 0.717) is 6.54 Å². The van der Waals surface area contributed by atoms with E-state index < -0.39 is 0 Å². The van der Waals surface area contributed by atoms with Crippen molar-refractivity contribution in [2.75, 3.05) is 46.3 Å². The summed E-state index contributed by atoms with van der Waals surface area (Å²) >= 11 is 0. The first-order chi connectivity index (χ1) is 8.75. The molecule has 0 unspecified atom stereocenters. The largest absolute Gasteiger partial charge is 0.339 e. The van der Waals surface area contributed by atoms with Gasteiger partial charge in [0.15, 0.2) is 0 Å². The Kier molecular flexibility index (Phi) is 4.66. The van der Waals surface area contributed by atoms with Crippen LogP contribution in [0, 0.1) is 0 Å². The molecule has 2 rings (SSSR count). The van der Waals surface area contributed by atoms with Crippen LogP contribution >= 0.6 is 0 Å². The van der Waals surface area contributed by atoms with Gasteiger partial charge in [0.2, 0.25) is 5.91 Å². The Bertz CT molecular complexity index is 358. The van der Waals surface area contributed by atoms with Crippen molar-refractivity contribution in [3.05, 3.63) is 12.4 Å². The summed E-state index contributed by atoms with van der Waals surface area (Å²) in [6, 6.07) is 0. The molecule has 0 saturated carbocycles. The number of amides is 1. The van der Waals surface area contributed by atoms with Crippen molar-refractivity contribution in [3.63, 3.8) is 0 Å². The second kappa shape index (κ2) is 6.46. The van der Waals surface area contributed by atoms with Crippen molar-refractivity contribution in [1.82, 2.24) is 30.1 Å². The third-order valence-corrected chi connectivity index (χ3v) is 3.12. The number of carbonyl (C=O) groups excluding carboxylic acids is 1. The van der Waals surface area contributed by atoms with E-state index in [1.54, 1.807) is 10.9 Å². The van der Waals surface area contributed by atoms with Gasteiger partial charge in [0, 0.05) is 38.9 Å². The van der Waals surface area contributed by atoms with Crippen LogP contribution in [0.25, 0.3) is 0 Å². The zero-order valence-corrected chi connectivity index (χ0v) is 10.7. The molecular weight excluding hydrogens is 232 g/mol. The number of piperazine rings is 1. The predicted octanol–water partition coefficient (Wildman–Crippen LogP) is -1.36. The molecule has 1 saturated heterocycles. The highest BCUT2D eigenvalue weighted by Crippen LogP contribution is 1.98. The molecule has 0 spiro atoms. The average Bonchev–Trinajstić information content (AvgIpc) is 2.88. The summed E-state index contributed by atoms with van der Waals surface area (Å²) in [7, 11) is 2.08. The number of nitrogens with one attached hydrogen (secondary N) is 1. The average molecular weight is 252 g/mol. The van der Waals surface area contributed by atoms with Crippen LogP contribution in [0.4, 0.5) is 0 Å². The summed E-state index contributed by atoms with van der Waals surface area (Å²) in [6.45, 7) is 5.45. The van der Waals surface area contributed by atoms with E-state index in [1.807, 2.05) is 11.1 Å². The standard InChI is InChI=1S/C11H20N6O/c1-15-6-8-16(9-7-15)11(18)10-12-2-4-17-5-3-13-14-17/h3,5,12H,2,4,6-10H2,1H3. The van der Waals surface area contributed by atoms with Gasteiger partial charge in [0.25, 0.3) is 0 Å². The van der Waals surface area contributed by atoms with E-state index in [9.17, 15) is 4.79 Å². The number of hydrogen-bond donors (Lipinski definition) is 1. The molecule has 7 nitrogen and oxygen atoms in total. The summed E-state index contributed by atoms with van der Waals surface area (Å²) in [4.78, 5) is 16.0. The second-order valence-corrected chi connectivity index (χ2v) is 4.53. The highest BCUT2D eigenvalue weighted by molar-refractivity contribution is 5.78. The van der Waals surface area contributed by atoms with E-state index in [2.05, 4.69) is 27.6 Å². The molecule has 0 radical (unpaired) electrons. The van der Waals surface area contributed by atoms with Gasteiger partial charge in [-0.1, -0.05) is 5.21 Å². The Morgan fingerprint density at radius 1 is 1.33 bits per heavy atom. The molecule has 0 atom stereocenters. The number of hydrogen-bond acceptors (Lipinski definition) is 5. The van der Waals surface area contributed by atoms with E-state index in [0.717, 1.165) is 39.3 Å². The lowest BCUT2D eigenvalue weighted by molar-refractivity contribution is -0.131. The molecule has 7 heteroatoms. The molecule has 1 aliphatic heterocycles. The fourth-order valence-electron chi connectivity index (χ4n) is 1.91. The van der Waals surface area contributed by atoms with Crippen LogP contribution in [0.1, 0.15) is 0 Å². The fourth-order valence-corrected chi connectivity index (χ4v) is 1.91. The molecule has 1 aromatic rings. The maximum Gasteiger partial charge on any atom is 0.236 e. The van der Waals surface area contributed by atoms with Crippen molar-refractivity contribution in [2.45, 2.75) is 6.54 Å². The summed E-state index contributed by atoms with van der Waals surface area (Å²) in [5.41, 5.74) is 0. The quantitative estimate of drug-likeness (QED) is 0.656. The minimum Gasteiger partial charge on any atom is -0.339 e. The number of carbonyl (C=O) groups is 1. The number of nitrogens with zero attached hydrogens (tertiary/aromatic N) is 5. The molecule has 0 aromatic carbocycles. The summed E-state index contributed by atoms with van der Waals surface area (Å²) in [5, 5.41) is 10.7. The number of likely N-dealkylation sites (N-methyl/N-ethyl adjacent to an activating group) is 1. The van der Waals surface area contributed by atoms with Crippen LogP contribution in [-0.2, 0) is 11.3 Å².